The Morgan fingerprint density at radius 3 is 1.95 bits per heavy atom. The number of rotatable bonds is 8. The second-order valence-corrected chi connectivity index (χ2v) is 5.64. The number of aromatic nitrogens is 1. The Kier molecular flexibility index (Phi) is 9.13. The van der Waals surface area contributed by atoms with Crippen LogP contribution in [0.3, 0.4) is 0 Å². The van der Waals surface area contributed by atoms with Crippen molar-refractivity contribution in [2.75, 3.05) is 0 Å². The maximum absolute atomic E-state index is 9.32. The number of hydrogen-bond acceptors (Lipinski definition) is 1. The summed E-state index contributed by atoms with van der Waals surface area (Å²) in [4.78, 5) is 0. The lowest BCUT2D eigenvalue weighted by molar-refractivity contribution is -0.697. The van der Waals surface area contributed by atoms with Crippen LogP contribution < -0.4 is 28.5 Å². The summed E-state index contributed by atoms with van der Waals surface area (Å²) in [7, 11) is 0. The van der Waals surface area contributed by atoms with Gasteiger partial charge >= 0.3 is 0 Å². The number of aromatic hydroxyl groups is 1. The molecule has 0 spiro atoms. The van der Waals surface area contributed by atoms with E-state index in [2.05, 4.69) is 36.0 Å². The molecule has 2 aromatic rings. The number of unbranched alkanes of at least 4 members (excludes halogenated alkanes) is 5. The summed E-state index contributed by atoms with van der Waals surface area (Å²) in [5, 5.41) is 9.32. The molecule has 0 aliphatic rings. The van der Waals surface area contributed by atoms with Gasteiger partial charge in [-0.25, -0.2) is 4.57 Å². The van der Waals surface area contributed by atoms with E-state index in [1.54, 1.807) is 12.1 Å². The van der Waals surface area contributed by atoms with Gasteiger partial charge < -0.3 is 29.1 Å². The van der Waals surface area contributed by atoms with Crippen LogP contribution in [0.2, 0.25) is 0 Å². The van der Waals surface area contributed by atoms with E-state index < -0.39 is 0 Å². The van der Waals surface area contributed by atoms with Crippen molar-refractivity contribution < 1.29 is 33.7 Å². The molecule has 0 bridgehead atoms. The van der Waals surface area contributed by atoms with Crippen molar-refractivity contribution >= 4 is 0 Å². The molecular formula is C19H26INO. The summed E-state index contributed by atoms with van der Waals surface area (Å²) in [6.07, 6.45) is 12.3. The molecule has 1 aromatic carbocycles. The zero-order chi connectivity index (χ0) is 14.9. The Bertz CT molecular complexity index is 522. The maximum atomic E-state index is 9.32. The van der Waals surface area contributed by atoms with E-state index in [0.29, 0.717) is 5.75 Å². The fourth-order valence-electron chi connectivity index (χ4n) is 2.53. The Morgan fingerprint density at radius 2 is 1.32 bits per heavy atom. The molecule has 0 aliphatic carbocycles. The predicted molar refractivity (Wildman–Crippen MR) is 87.1 cm³/mol. The van der Waals surface area contributed by atoms with E-state index in [1.165, 1.54) is 44.1 Å². The molecule has 1 aromatic heterocycles. The molecule has 2 nitrogen and oxygen atoms in total. The first-order valence-electron chi connectivity index (χ1n) is 8.08. The van der Waals surface area contributed by atoms with Crippen molar-refractivity contribution in [3.63, 3.8) is 0 Å². The summed E-state index contributed by atoms with van der Waals surface area (Å²) >= 11 is 0. The second-order valence-electron chi connectivity index (χ2n) is 5.64. The molecule has 0 atom stereocenters. The number of phenolic OH excluding ortho intramolecular Hbond substituents is 1. The first kappa shape index (κ1) is 18.9. The first-order valence-corrected chi connectivity index (χ1v) is 8.08. The third kappa shape index (κ3) is 6.34. The molecule has 1 heterocycles. The van der Waals surface area contributed by atoms with Crippen LogP contribution in [0.5, 0.6) is 5.75 Å². The van der Waals surface area contributed by atoms with Crippen molar-refractivity contribution in [1.29, 1.82) is 0 Å². The fourth-order valence-corrected chi connectivity index (χ4v) is 2.53. The highest BCUT2D eigenvalue weighted by Gasteiger charge is 2.03. The van der Waals surface area contributed by atoms with E-state index in [0.717, 1.165) is 12.1 Å². The van der Waals surface area contributed by atoms with Gasteiger partial charge in [0.1, 0.15) is 12.3 Å². The fraction of sp³-hybridized carbons (Fsp3) is 0.421. The van der Waals surface area contributed by atoms with Gasteiger partial charge in [-0.3, -0.25) is 0 Å². The van der Waals surface area contributed by atoms with Gasteiger partial charge in [0.25, 0.3) is 0 Å². The van der Waals surface area contributed by atoms with Gasteiger partial charge in [0.2, 0.25) is 0 Å². The van der Waals surface area contributed by atoms with Crippen molar-refractivity contribution in [2.45, 2.75) is 52.0 Å². The molecule has 22 heavy (non-hydrogen) atoms. The Balaban J connectivity index is 0.00000242. The normalized spacial score (nSPS) is 10.2. The van der Waals surface area contributed by atoms with E-state index >= 15 is 0 Å². The molecule has 0 fully saturated rings. The zero-order valence-corrected chi connectivity index (χ0v) is 15.5. The zero-order valence-electron chi connectivity index (χ0n) is 13.3. The minimum atomic E-state index is 0. The first-order chi connectivity index (χ1) is 10.3. The van der Waals surface area contributed by atoms with E-state index in [4.69, 9.17) is 0 Å². The van der Waals surface area contributed by atoms with Crippen molar-refractivity contribution in [1.82, 2.24) is 0 Å². The van der Waals surface area contributed by atoms with Crippen LogP contribution >= 0.6 is 0 Å². The van der Waals surface area contributed by atoms with Gasteiger partial charge in [-0.1, -0.05) is 44.7 Å². The molecule has 2 rings (SSSR count). The Hall–Kier alpha value is -1.10. The summed E-state index contributed by atoms with van der Waals surface area (Å²) in [5.74, 6) is 0.313. The molecule has 0 radical (unpaired) electrons. The van der Waals surface area contributed by atoms with Crippen molar-refractivity contribution in [3.8, 4) is 16.9 Å². The third-order valence-corrected chi connectivity index (χ3v) is 3.86. The van der Waals surface area contributed by atoms with Crippen LogP contribution in [-0.4, -0.2) is 5.11 Å². The van der Waals surface area contributed by atoms with Gasteiger partial charge in [0.15, 0.2) is 12.4 Å². The lowest BCUT2D eigenvalue weighted by Crippen LogP contribution is -3.00. The molecule has 0 saturated carbocycles. The molecule has 0 amide bonds. The van der Waals surface area contributed by atoms with Crippen LogP contribution in [0, 0.1) is 0 Å². The highest BCUT2D eigenvalue weighted by atomic mass is 127. The van der Waals surface area contributed by atoms with Crippen LogP contribution in [0.25, 0.3) is 11.1 Å². The molecule has 3 heteroatoms. The topological polar surface area (TPSA) is 24.1 Å². The predicted octanol–water partition coefficient (Wildman–Crippen LogP) is 1.71. The number of aryl methyl sites for hydroxylation is 1. The number of nitrogens with zero attached hydrogens (tertiary/aromatic N) is 1. The monoisotopic (exact) mass is 411 g/mol. The number of hydrogen-bond donors (Lipinski definition) is 1. The number of halogens is 1. The van der Waals surface area contributed by atoms with Crippen LogP contribution in [-0.2, 0) is 6.54 Å². The summed E-state index contributed by atoms with van der Waals surface area (Å²) in [5.41, 5.74) is 2.33. The SMILES string of the molecule is CCCCCCCC[n+]1ccc(-c2ccc(O)cc2)cc1.[I-]. The van der Waals surface area contributed by atoms with Crippen molar-refractivity contribution in [2.24, 2.45) is 0 Å². The Morgan fingerprint density at radius 1 is 0.773 bits per heavy atom. The van der Waals surface area contributed by atoms with E-state index in [9.17, 15) is 5.11 Å². The molecule has 120 valence electrons. The second kappa shape index (κ2) is 10.6. The quantitative estimate of drug-likeness (QED) is 0.399. The maximum Gasteiger partial charge on any atom is 0.169 e. The standard InChI is InChI=1S/C19H25NO.HI/c1-2-3-4-5-6-7-14-20-15-12-18(13-16-20)17-8-10-19(21)11-9-17;/h8-13,15-16H,2-7,14H2,1H3;1H. The van der Waals surface area contributed by atoms with Gasteiger partial charge in [-0.2, -0.15) is 0 Å². The van der Waals surface area contributed by atoms with Gasteiger partial charge in [0, 0.05) is 18.6 Å². The van der Waals surface area contributed by atoms with Gasteiger partial charge in [-0.05, 0) is 29.7 Å². The van der Waals surface area contributed by atoms with Gasteiger partial charge in [0.05, 0.1) is 0 Å². The molecule has 0 unspecified atom stereocenters. The van der Waals surface area contributed by atoms with E-state index in [1.807, 2.05) is 12.1 Å². The lowest BCUT2D eigenvalue weighted by Gasteiger charge is -2.02. The third-order valence-electron chi connectivity index (χ3n) is 3.86. The molecule has 0 aliphatic heterocycles. The molecule has 0 saturated heterocycles. The minimum Gasteiger partial charge on any atom is -1.00 e. The highest BCUT2D eigenvalue weighted by Crippen LogP contribution is 2.20. The minimum absolute atomic E-state index is 0. The van der Waals surface area contributed by atoms with E-state index in [-0.39, 0.29) is 24.0 Å². The van der Waals surface area contributed by atoms with Crippen LogP contribution in [0.4, 0.5) is 0 Å². The van der Waals surface area contributed by atoms with Crippen molar-refractivity contribution in [3.05, 3.63) is 48.8 Å². The Labute approximate surface area is 151 Å². The highest BCUT2D eigenvalue weighted by molar-refractivity contribution is 5.62. The lowest BCUT2D eigenvalue weighted by atomic mass is 10.1. The number of pyridine rings is 1. The van der Waals surface area contributed by atoms with Gasteiger partial charge in [-0.15, -0.1) is 0 Å². The largest absolute Gasteiger partial charge is 1.00 e. The average molecular weight is 411 g/mol. The summed E-state index contributed by atoms with van der Waals surface area (Å²) in [6.45, 7) is 3.35. The molecule has 1 N–H and O–H groups in total. The van der Waals surface area contributed by atoms with Crippen LogP contribution in [0.15, 0.2) is 48.8 Å². The smallest absolute Gasteiger partial charge is 0.169 e. The number of phenols is 1. The number of benzene rings is 1. The molecular weight excluding hydrogens is 385 g/mol. The summed E-state index contributed by atoms with van der Waals surface area (Å²) in [6, 6.07) is 11.6. The summed E-state index contributed by atoms with van der Waals surface area (Å²) < 4.78 is 2.25. The average Bonchev–Trinajstić information content (AvgIpc) is 2.52. The van der Waals surface area contributed by atoms with Crippen LogP contribution in [0.1, 0.15) is 45.4 Å².